The van der Waals surface area contributed by atoms with Crippen molar-refractivity contribution >= 4 is 61.6 Å². The molecule has 0 spiro atoms. The minimum atomic E-state index is -0.615. The number of hydrogen-bond donors (Lipinski definition) is 3. The van der Waals surface area contributed by atoms with Crippen LogP contribution in [-0.4, -0.2) is 47.1 Å². The number of rotatable bonds is 1. The maximum Gasteiger partial charge on any atom is 0.329 e. The molecule has 2 aliphatic heterocycles. The number of aromatic nitrogens is 4. The lowest BCUT2D eigenvalue weighted by atomic mass is 10.1. The van der Waals surface area contributed by atoms with E-state index in [1.165, 1.54) is 9.13 Å². The second-order valence-corrected chi connectivity index (χ2v) is 10.2. The maximum atomic E-state index is 12.3. The van der Waals surface area contributed by atoms with Gasteiger partial charge in [0.2, 0.25) is 23.6 Å². The zero-order valence-corrected chi connectivity index (χ0v) is 22.9. The molecule has 0 aliphatic carbocycles. The third kappa shape index (κ3) is 6.30. The second kappa shape index (κ2) is 12.7. The van der Waals surface area contributed by atoms with Gasteiger partial charge in [-0.3, -0.25) is 43.5 Å². The van der Waals surface area contributed by atoms with Crippen LogP contribution in [-0.2, 0) is 33.3 Å². The minimum absolute atomic E-state index is 0. The van der Waals surface area contributed by atoms with Gasteiger partial charge in [-0.15, -0.1) is 0 Å². The summed E-state index contributed by atoms with van der Waals surface area (Å²) in [5, 5.41) is 4.49. The highest BCUT2D eigenvalue weighted by Gasteiger charge is 2.31. The van der Waals surface area contributed by atoms with E-state index in [0.29, 0.717) is 24.8 Å². The quantitative estimate of drug-likeness (QED) is 0.220. The van der Waals surface area contributed by atoms with Crippen molar-refractivity contribution in [2.75, 3.05) is 0 Å². The number of hydrogen-bond acceptors (Lipinski definition) is 6. The van der Waals surface area contributed by atoms with Crippen molar-refractivity contribution in [3.05, 3.63) is 69.5 Å². The topological polar surface area (TPSA) is 157 Å². The van der Waals surface area contributed by atoms with Crippen LogP contribution >= 0.6 is 15.9 Å². The van der Waals surface area contributed by atoms with E-state index in [1.54, 1.807) is 24.7 Å². The Balaban J connectivity index is 0.000000179. The van der Waals surface area contributed by atoms with Crippen LogP contribution in [0.4, 0.5) is 0 Å². The fraction of sp³-hybridized carbons (Fsp3) is 0.333. The van der Waals surface area contributed by atoms with Crippen molar-refractivity contribution in [3.63, 3.8) is 0 Å². The SMILES string of the molecule is C.Cn1c(=O)[nH]c2ccccc21.Cn1c(=O)n(C2CCC(=O)NC2=O)c2ccccc21.O=C1CCC(Br)C(=O)N1. The van der Waals surface area contributed by atoms with Gasteiger partial charge in [0.25, 0.3) is 0 Å². The van der Waals surface area contributed by atoms with Crippen LogP contribution in [0.1, 0.15) is 39.2 Å². The molecule has 2 fully saturated rings. The lowest BCUT2D eigenvalue weighted by molar-refractivity contribution is -0.136. The van der Waals surface area contributed by atoms with Crippen molar-refractivity contribution in [2.45, 2.75) is 44.0 Å². The summed E-state index contributed by atoms with van der Waals surface area (Å²) in [5.74, 6) is -1.08. The van der Waals surface area contributed by atoms with E-state index in [9.17, 15) is 28.8 Å². The highest BCUT2D eigenvalue weighted by Crippen LogP contribution is 2.22. The Morgan fingerprint density at radius 3 is 1.85 bits per heavy atom. The number of alkyl halides is 1. The van der Waals surface area contributed by atoms with E-state index >= 15 is 0 Å². The van der Waals surface area contributed by atoms with Gasteiger partial charge in [-0.05, 0) is 37.1 Å². The molecule has 4 heterocycles. The number of piperidine rings is 2. The largest absolute Gasteiger partial charge is 0.329 e. The van der Waals surface area contributed by atoms with Gasteiger partial charge >= 0.3 is 11.4 Å². The third-order valence-corrected chi connectivity index (χ3v) is 7.37. The van der Waals surface area contributed by atoms with Gasteiger partial charge in [0, 0.05) is 26.9 Å². The average Bonchev–Trinajstić information content (AvgIpc) is 3.35. The smallest absolute Gasteiger partial charge is 0.306 e. The molecule has 0 radical (unpaired) electrons. The molecule has 2 aliphatic rings. The fourth-order valence-corrected chi connectivity index (χ4v) is 4.74. The van der Waals surface area contributed by atoms with Crippen LogP contribution in [0, 0.1) is 0 Å². The number of amides is 4. The van der Waals surface area contributed by atoms with Crippen molar-refractivity contribution in [3.8, 4) is 0 Å². The van der Waals surface area contributed by atoms with Crippen LogP contribution in [0.2, 0.25) is 0 Å². The Morgan fingerprint density at radius 1 is 0.725 bits per heavy atom. The van der Waals surface area contributed by atoms with E-state index in [4.69, 9.17) is 0 Å². The molecule has 2 aromatic heterocycles. The van der Waals surface area contributed by atoms with E-state index < -0.39 is 11.9 Å². The molecule has 4 amide bonds. The number of para-hydroxylation sites is 4. The zero-order valence-electron chi connectivity index (χ0n) is 21.3. The number of imidazole rings is 2. The highest BCUT2D eigenvalue weighted by atomic mass is 79.9. The van der Waals surface area contributed by atoms with Crippen molar-refractivity contribution in [1.82, 2.24) is 29.3 Å². The molecule has 13 heteroatoms. The molecular formula is C27H31BrN6O6. The number of carbonyl (C=O) groups is 4. The number of carbonyl (C=O) groups excluding carboxylic acids is 4. The van der Waals surface area contributed by atoms with E-state index in [1.807, 2.05) is 42.5 Å². The predicted molar refractivity (Wildman–Crippen MR) is 154 cm³/mol. The number of halogens is 1. The Bertz CT molecular complexity index is 1700. The van der Waals surface area contributed by atoms with Gasteiger partial charge in [-0.25, -0.2) is 9.59 Å². The Morgan fingerprint density at radius 2 is 1.27 bits per heavy atom. The van der Waals surface area contributed by atoms with Gasteiger partial charge in [0.15, 0.2) is 0 Å². The molecular weight excluding hydrogens is 584 g/mol. The first-order valence-corrected chi connectivity index (χ1v) is 13.1. The summed E-state index contributed by atoms with van der Waals surface area (Å²) in [6, 6.07) is 14.3. The summed E-state index contributed by atoms with van der Waals surface area (Å²) in [4.78, 5) is 70.1. The van der Waals surface area contributed by atoms with Crippen LogP contribution in [0.5, 0.6) is 0 Å². The molecule has 2 atom stereocenters. The average molecular weight is 615 g/mol. The van der Waals surface area contributed by atoms with Gasteiger partial charge in [0.1, 0.15) is 6.04 Å². The Kier molecular flexibility index (Phi) is 9.64. The zero-order chi connectivity index (χ0) is 28.3. The summed E-state index contributed by atoms with van der Waals surface area (Å²) in [7, 11) is 3.42. The molecule has 2 unspecified atom stereocenters. The van der Waals surface area contributed by atoms with E-state index in [-0.39, 0.29) is 47.8 Å². The minimum Gasteiger partial charge on any atom is -0.306 e. The van der Waals surface area contributed by atoms with Crippen LogP contribution in [0.15, 0.2) is 58.1 Å². The molecule has 2 aromatic carbocycles. The van der Waals surface area contributed by atoms with E-state index in [0.717, 1.165) is 16.6 Å². The summed E-state index contributed by atoms with van der Waals surface area (Å²) in [6.07, 6.45) is 1.68. The molecule has 3 N–H and O–H groups in total. The molecule has 0 bridgehead atoms. The van der Waals surface area contributed by atoms with E-state index in [2.05, 4.69) is 31.5 Å². The second-order valence-electron chi connectivity index (χ2n) is 9.09. The van der Waals surface area contributed by atoms with Crippen LogP contribution in [0.25, 0.3) is 22.1 Å². The molecule has 4 aromatic rings. The van der Waals surface area contributed by atoms with Gasteiger partial charge in [-0.2, -0.15) is 0 Å². The lowest BCUT2D eigenvalue weighted by Crippen LogP contribution is -2.44. The van der Waals surface area contributed by atoms with Gasteiger partial charge in [-0.1, -0.05) is 47.6 Å². The Hall–Kier alpha value is -4.26. The molecule has 40 heavy (non-hydrogen) atoms. The first kappa shape index (κ1) is 30.3. The summed E-state index contributed by atoms with van der Waals surface area (Å²) < 4.78 is 4.57. The van der Waals surface area contributed by atoms with Crippen molar-refractivity contribution in [1.29, 1.82) is 0 Å². The third-order valence-electron chi connectivity index (χ3n) is 6.50. The summed E-state index contributed by atoms with van der Waals surface area (Å²) in [5.41, 5.74) is 3.01. The van der Waals surface area contributed by atoms with Crippen molar-refractivity contribution < 1.29 is 19.2 Å². The van der Waals surface area contributed by atoms with Crippen molar-refractivity contribution in [2.24, 2.45) is 14.1 Å². The first-order chi connectivity index (χ1) is 18.6. The van der Waals surface area contributed by atoms with Crippen LogP contribution < -0.4 is 22.0 Å². The fourth-order valence-electron chi connectivity index (χ4n) is 4.40. The van der Waals surface area contributed by atoms with Gasteiger partial charge < -0.3 is 4.98 Å². The molecule has 6 rings (SSSR count). The molecule has 0 saturated carbocycles. The standard InChI is InChI=1S/C13H13N3O3.C8H8N2O.C5H6BrNO2.CH4/c1-15-8-4-2-3-5-9(8)16(13(15)19)10-6-7-11(17)14-12(10)18;1-10-7-5-3-2-4-6(7)9-8(10)11;6-3-1-2-4(8)7-5(3)9;/h2-5,10H,6-7H2,1H3,(H,14,17,18);2-5H,1H3,(H,9,11);3H,1-2H2,(H,7,8,9);1H4. The van der Waals surface area contributed by atoms with Crippen LogP contribution in [0.3, 0.4) is 0 Å². The number of H-pyrrole nitrogens is 1. The number of fused-ring (bicyclic) bond motifs is 2. The highest BCUT2D eigenvalue weighted by molar-refractivity contribution is 9.10. The number of benzene rings is 2. The normalized spacial score (nSPS) is 18.6. The molecule has 12 nitrogen and oxygen atoms in total. The number of aryl methyl sites for hydroxylation is 2. The monoisotopic (exact) mass is 614 g/mol. The summed E-state index contributed by atoms with van der Waals surface area (Å²) >= 11 is 3.12. The number of aromatic amines is 1. The Labute approximate surface area is 237 Å². The summed E-state index contributed by atoms with van der Waals surface area (Å²) in [6.45, 7) is 0. The lowest BCUT2D eigenvalue weighted by Gasteiger charge is -2.21. The number of nitrogens with one attached hydrogen (secondary N) is 3. The number of nitrogens with zero attached hydrogens (tertiary/aromatic N) is 3. The predicted octanol–water partition coefficient (Wildman–Crippen LogP) is 2.01. The molecule has 2 saturated heterocycles. The number of imide groups is 2. The first-order valence-electron chi connectivity index (χ1n) is 12.2. The molecule has 212 valence electrons. The maximum absolute atomic E-state index is 12.3. The van der Waals surface area contributed by atoms with Gasteiger partial charge in [0.05, 0.1) is 26.9 Å².